The van der Waals surface area contributed by atoms with Crippen molar-refractivity contribution in [3.05, 3.63) is 30.1 Å². The van der Waals surface area contributed by atoms with Crippen molar-refractivity contribution in [2.45, 2.75) is 38.3 Å². The van der Waals surface area contributed by atoms with Gasteiger partial charge in [-0.3, -0.25) is 4.98 Å². The van der Waals surface area contributed by atoms with Crippen LogP contribution in [0.5, 0.6) is 0 Å². The Balaban J connectivity index is 2.46. The fraction of sp³-hybridized carbons (Fsp3) is 0.583. The first-order valence-corrected chi connectivity index (χ1v) is 5.23. The lowest BCUT2D eigenvalue weighted by molar-refractivity contribution is 0.0102. The van der Waals surface area contributed by atoms with Crippen LogP contribution in [-0.2, 0) is 11.2 Å². The lowest BCUT2D eigenvalue weighted by Crippen LogP contribution is -2.35. The summed E-state index contributed by atoms with van der Waals surface area (Å²) in [4.78, 5) is 4.07. The first kappa shape index (κ1) is 12.1. The minimum atomic E-state index is -0.151. The molecule has 1 rings (SSSR count). The van der Waals surface area contributed by atoms with Crippen LogP contribution in [0.4, 0.5) is 0 Å². The molecule has 0 saturated carbocycles. The van der Waals surface area contributed by atoms with Crippen LogP contribution in [0, 0.1) is 0 Å². The molecule has 0 bridgehead atoms. The van der Waals surface area contributed by atoms with Gasteiger partial charge in [-0.25, -0.2) is 0 Å². The minimum Gasteiger partial charge on any atom is -0.379 e. The van der Waals surface area contributed by atoms with Crippen LogP contribution in [0.3, 0.4) is 0 Å². The molecule has 2 N–H and O–H groups in total. The van der Waals surface area contributed by atoms with E-state index in [0.29, 0.717) is 0 Å². The number of rotatable bonds is 5. The van der Waals surface area contributed by atoms with Crippen LogP contribution in [-0.4, -0.2) is 23.7 Å². The zero-order valence-corrected chi connectivity index (χ0v) is 9.73. The molecule has 1 atom stereocenters. The number of hydrogen-bond donors (Lipinski definition) is 1. The van der Waals surface area contributed by atoms with Gasteiger partial charge in [0, 0.05) is 25.5 Å². The first-order chi connectivity index (χ1) is 7.03. The van der Waals surface area contributed by atoms with Gasteiger partial charge in [0.1, 0.15) is 0 Å². The molecule has 1 aromatic rings. The number of nitrogens with two attached hydrogens (primary N) is 1. The summed E-state index contributed by atoms with van der Waals surface area (Å²) in [5, 5.41) is 0. The molecule has 3 heteroatoms. The van der Waals surface area contributed by atoms with Crippen LogP contribution in [0.15, 0.2) is 24.5 Å². The molecule has 1 heterocycles. The van der Waals surface area contributed by atoms with Crippen molar-refractivity contribution in [2.75, 3.05) is 7.11 Å². The van der Waals surface area contributed by atoms with Gasteiger partial charge in [-0.1, -0.05) is 6.07 Å². The topological polar surface area (TPSA) is 48.1 Å². The second kappa shape index (κ2) is 5.24. The fourth-order valence-electron chi connectivity index (χ4n) is 1.61. The third-order valence-corrected chi connectivity index (χ3v) is 2.53. The molecule has 0 saturated heterocycles. The van der Waals surface area contributed by atoms with E-state index in [1.807, 2.05) is 18.3 Å². The average molecular weight is 208 g/mol. The summed E-state index contributed by atoms with van der Waals surface area (Å²) in [5.41, 5.74) is 7.09. The van der Waals surface area contributed by atoms with Gasteiger partial charge in [-0.05, 0) is 38.3 Å². The Morgan fingerprint density at radius 3 is 2.80 bits per heavy atom. The molecule has 0 aliphatic rings. The Morgan fingerprint density at radius 2 is 2.27 bits per heavy atom. The molecule has 1 aromatic heterocycles. The van der Waals surface area contributed by atoms with E-state index >= 15 is 0 Å². The fourth-order valence-corrected chi connectivity index (χ4v) is 1.61. The monoisotopic (exact) mass is 208 g/mol. The van der Waals surface area contributed by atoms with Crippen molar-refractivity contribution in [3.63, 3.8) is 0 Å². The van der Waals surface area contributed by atoms with E-state index in [1.165, 1.54) is 5.56 Å². The Labute approximate surface area is 91.7 Å². The SMILES string of the molecule is COC(C)(C)CC(N)Cc1cccnc1. The van der Waals surface area contributed by atoms with Crippen molar-refractivity contribution >= 4 is 0 Å². The number of nitrogens with zero attached hydrogens (tertiary/aromatic N) is 1. The highest BCUT2D eigenvalue weighted by molar-refractivity contribution is 5.10. The Kier molecular flexibility index (Phi) is 4.24. The molecule has 0 fully saturated rings. The van der Waals surface area contributed by atoms with E-state index in [1.54, 1.807) is 13.3 Å². The number of hydrogen-bond acceptors (Lipinski definition) is 3. The maximum absolute atomic E-state index is 6.06. The van der Waals surface area contributed by atoms with Crippen molar-refractivity contribution in [1.29, 1.82) is 0 Å². The highest BCUT2D eigenvalue weighted by Gasteiger charge is 2.20. The van der Waals surface area contributed by atoms with Crippen LogP contribution < -0.4 is 5.73 Å². The summed E-state index contributed by atoms with van der Waals surface area (Å²) in [6.45, 7) is 4.10. The van der Waals surface area contributed by atoms with Crippen LogP contribution in [0.2, 0.25) is 0 Å². The van der Waals surface area contributed by atoms with Gasteiger partial charge in [0.15, 0.2) is 0 Å². The van der Waals surface area contributed by atoms with E-state index < -0.39 is 0 Å². The van der Waals surface area contributed by atoms with Crippen molar-refractivity contribution in [2.24, 2.45) is 5.73 Å². The zero-order valence-electron chi connectivity index (χ0n) is 9.73. The highest BCUT2D eigenvalue weighted by Crippen LogP contribution is 2.16. The van der Waals surface area contributed by atoms with E-state index in [0.717, 1.165) is 12.8 Å². The molecule has 15 heavy (non-hydrogen) atoms. The quantitative estimate of drug-likeness (QED) is 0.802. The van der Waals surface area contributed by atoms with E-state index in [9.17, 15) is 0 Å². The summed E-state index contributed by atoms with van der Waals surface area (Å²) in [7, 11) is 1.72. The third-order valence-electron chi connectivity index (χ3n) is 2.53. The van der Waals surface area contributed by atoms with Gasteiger partial charge in [-0.2, -0.15) is 0 Å². The number of ether oxygens (including phenoxy) is 1. The number of methoxy groups -OCH3 is 1. The summed E-state index contributed by atoms with van der Waals surface area (Å²) >= 11 is 0. The van der Waals surface area contributed by atoms with Crippen molar-refractivity contribution in [3.8, 4) is 0 Å². The predicted octanol–water partition coefficient (Wildman–Crippen LogP) is 1.77. The largest absolute Gasteiger partial charge is 0.379 e. The molecule has 0 aliphatic heterocycles. The van der Waals surface area contributed by atoms with Gasteiger partial charge < -0.3 is 10.5 Å². The van der Waals surface area contributed by atoms with Gasteiger partial charge in [-0.15, -0.1) is 0 Å². The normalized spacial score (nSPS) is 13.9. The first-order valence-electron chi connectivity index (χ1n) is 5.23. The second-order valence-electron chi connectivity index (χ2n) is 4.49. The van der Waals surface area contributed by atoms with Crippen molar-refractivity contribution < 1.29 is 4.74 Å². The maximum Gasteiger partial charge on any atom is 0.0637 e. The molecule has 0 radical (unpaired) electrons. The third kappa shape index (κ3) is 4.40. The summed E-state index contributed by atoms with van der Waals surface area (Å²) in [5.74, 6) is 0. The van der Waals surface area contributed by atoms with E-state index in [2.05, 4.69) is 18.8 Å². The minimum absolute atomic E-state index is 0.115. The van der Waals surface area contributed by atoms with Gasteiger partial charge >= 0.3 is 0 Å². The van der Waals surface area contributed by atoms with Gasteiger partial charge in [0.2, 0.25) is 0 Å². The van der Waals surface area contributed by atoms with Crippen LogP contribution in [0.25, 0.3) is 0 Å². The zero-order chi connectivity index (χ0) is 11.3. The van der Waals surface area contributed by atoms with E-state index in [4.69, 9.17) is 10.5 Å². The summed E-state index contributed by atoms with van der Waals surface area (Å²) in [6, 6.07) is 4.10. The van der Waals surface area contributed by atoms with Crippen molar-refractivity contribution in [1.82, 2.24) is 4.98 Å². The maximum atomic E-state index is 6.06. The summed E-state index contributed by atoms with van der Waals surface area (Å²) < 4.78 is 5.35. The number of aromatic nitrogens is 1. The Morgan fingerprint density at radius 1 is 1.53 bits per heavy atom. The Bertz CT molecular complexity index is 285. The molecule has 0 aromatic carbocycles. The molecule has 1 unspecified atom stereocenters. The lowest BCUT2D eigenvalue weighted by Gasteiger charge is -2.26. The molecule has 3 nitrogen and oxygen atoms in total. The predicted molar refractivity (Wildman–Crippen MR) is 61.6 cm³/mol. The molecule has 0 amide bonds. The van der Waals surface area contributed by atoms with Crippen LogP contribution >= 0.6 is 0 Å². The van der Waals surface area contributed by atoms with Gasteiger partial charge in [0.05, 0.1) is 5.60 Å². The molecular formula is C12H20N2O. The molecular weight excluding hydrogens is 188 g/mol. The standard InChI is InChI=1S/C12H20N2O/c1-12(2,15-3)8-11(13)7-10-5-4-6-14-9-10/h4-6,9,11H,7-8,13H2,1-3H3. The lowest BCUT2D eigenvalue weighted by atomic mass is 9.95. The number of pyridine rings is 1. The van der Waals surface area contributed by atoms with Crippen LogP contribution in [0.1, 0.15) is 25.8 Å². The van der Waals surface area contributed by atoms with E-state index in [-0.39, 0.29) is 11.6 Å². The highest BCUT2D eigenvalue weighted by atomic mass is 16.5. The molecule has 84 valence electrons. The Hall–Kier alpha value is -0.930. The van der Waals surface area contributed by atoms with Gasteiger partial charge in [0.25, 0.3) is 0 Å². The molecule has 0 aliphatic carbocycles. The average Bonchev–Trinajstić information content (AvgIpc) is 2.18. The smallest absolute Gasteiger partial charge is 0.0637 e. The summed E-state index contributed by atoms with van der Waals surface area (Å²) in [6.07, 6.45) is 5.33. The molecule has 0 spiro atoms. The second-order valence-corrected chi connectivity index (χ2v) is 4.49.